The minimum absolute atomic E-state index is 0.0830. The zero-order chi connectivity index (χ0) is 19.8. The molecule has 0 N–H and O–H groups in total. The second-order valence-electron chi connectivity index (χ2n) is 7.21. The van der Waals surface area contributed by atoms with Crippen molar-refractivity contribution in [2.45, 2.75) is 25.9 Å². The fourth-order valence-corrected chi connectivity index (χ4v) is 5.02. The number of likely N-dealkylation sites (N-methyl/N-ethyl adjacent to an activating group) is 2. The van der Waals surface area contributed by atoms with Gasteiger partial charge in [0.2, 0.25) is 0 Å². The van der Waals surface area contributed by atoms with Gasteiger partial charge >= 0.3 is 5.69 Å². The summed E-state index contributed by atoms with van der Waals surface area (Å²) in [6, 6.07) is -0.615. The normalized spacial score (nSPS) is 23.0. The number of fused-ring (bicyclic) bond motifs is 2. The molecule has 0 spiro atoms. The predicted octanol–water partition coefficient (Wildman–Crippen LogP) is 2.18. The van der Waals surface area contributed by atoms with Crippen molar-refractivity contribution in [2.24, 2.45) is 0 Å². The SMILES string of the molecule is Cc1c(Cl)c2c3c(nc(=O)n(I)c3c1F)N1C(C)CN(C)CC1C(=O)N2C. The van der Waals surface area contributed by atoms with Crippen molar-refractivity contribution in [3.8, 4) is 0 Å². The number of amides is 1. The van der Waals surface area contributed by atoms with Gasteiger partial charge in [0.05, 0.1) is 39.0 Å². The molecule has 7 nitrogen and oxygen atoms in total. The van der Waals surface area contributed by atoms with Gasteiger partial charge in [-0.1, -0.05) is 11.6 Å². The maximum Gasteiger partial charge on any atom is 0.359 e. The highest BCUT2D eigenvalue weighted by atomic mass is 127. The minimum atomic E-state index is -0.577. The molecule has 0 bridgehead atoms. The van der Waals surface area contributed by atoms with Gasteiger partial charge in [-0.25, -0.2) is 12.0 Å². The van der Waals surface area contributed by atoms with Crippen molar-refractivity contribution < 1.29 is 9.18 Å². The summed E-state index contributed by atoms with van der Waals surface area (Å²) in [4.78, 5) is 35.4. The van der Waals surface area contributed by atoms with E-state index in [-0.39, 0.29) is 28.1 Å². The topological polar surface area (TPSA) is 61.7 Å². The van der Waals surface area contributed by atoms with Gasteiger partial charge in [-0.05, 0) is 20.9 Å². The van der Waals surface area contributed by atoms with Crippen molar-refractivity contribution >= 4 is 62.8 Å². The number of hydrogen-bond acceptors (Lipinski definition) is 5. The number of hydrogen-bond donors (Lipinski definition) is 0. The Morgan fingerprint density at radius 2 is 1.93 bits per heavy atom. The Labute approximate surface area is 174 Å². The van der Waals surface area contributed by atoms with Crippen LogP contribution in [0.15, 0.2) is 4.79 Å². The first-order chi connectivity index (χ1) is 12.6. The van der Waals surface area contributed by atoms with E-state index in [0.29, 0.717) is 30.0 Å². The van der Waals surface area contributed by atoms with Crippen LogP contribution in [-0.2, 0) is 4.79 Å². The highest BCUT2D eigenvalue weighted by molar-refractivity contribution is 14.1. The van der Waals surface area contributed by atoms with Gasteiger partial charge < -0.3 is 14.7 Å². The molecule has 27 heavy (non-hydrogen) atoms. The predicted molar refractivity (Wildman–Crippen MR) is 112 cm³/mol. The molecule has 1 aromatic carbocycles. The summed E-state index contributed by atoms with van der Waals surface area (Å²) in [5.41, 5.74) is 0.124. The molecule has 2 aromatic rings. The van der Waals surface area contributed by atoms with Crippen molar-refractivity contribution in [2.75, 3.05) is 37.0 Å². The molecule has 0 aliphatic carbocycles. The highest BCUT2D eigenvalue weighted by Crippen LogP contribution is 2.45. The molecule has 1 saturated heterocycles. The average molecular weight is 506 g/mol. The molecule has 1 fully saturated rings. The number of nitrogens with zero attached hydrogens (tertiary/aromatic N) is 5. The van der Waals surface area contributed by atoms with Crippen LogP contribution in [0.4, 0.5) is 15.9 Å². The quantitative estimate of drug-likeness (QED) is 0.514. The number of benzene rings is 1. The molecular formula is C17H18ClFIN5O2. The molecule has 3 heterocycles. The number of anilines is 2. The molecule has 4 rings (SSSR count). The third-order valence-corrected chi connectivity index (χ3v) is 6.76. The fourth-order valence-electron chi connectivity index (χ4n) is 4.16. The van der Waals surface area contributed by atoms with Crippen LogP contribution in [0.25, 0.3) is 10.9 Å². The lowest BCUT2D eigenvalue weighted by Gasteiger charge is -2.44. The van der Waals surface area contributed by atoms with Gasteiger partial charge in [-0.15, -0.1) is 0 Å². The van der Waals surface area contributed by atoms with Gasteiger partial charge in [0.1, 0.15) is 17.4 Å². The van der Waals surface area contributed by atoms with E-state index < -0.39 is 17.5 Å². The Morgan fingerprint density at radius 3 is 2.59 bits per heavy atom. The Hall–Kier alpha value is -1.46. The Bertz CT molecular complexity index is 1060. The van der Waals surface area contributed by atoms with E-state index in [1.54, 1.807) is 36.8 Å². The summed E-state index contributed by atoms with van der Waals surface area (Å²) in [6.07, 6.45) is 0. The number of carbonyl (C=O) groups excluding carboxylic acids is 1. The van der Waals surface area contributed by atoms with E-state index in [1.807, 2.05) is 18.9 Å². The fraction of sp³-hybridized carbons (Fsp3) is 0.471. The van der Waals surface area contributed by atoms with Crippen LogP contribution in [0.2, 0.25) is 5.02 Å². The zero-order valence-corrected chi connectivity index (χ0v) is 18.2. The van der Waals surface area contributed by atoms with Crippen LogP contribution >= 0.6 is 34.5 Å². The molecule has 0 radical (unpaired) electrons. The third kappa shape index (κ3) is 2.51. The van der Waals surface area contributed by atoms with Crippen molar-refractivity contribution in [3.63, 3.8) is 0 Å². The van der Waals surface area contributed by atoms with Gasteiger partial charge in [0.25, 0.3) is 5.91 Å². The maximum atomic E-state index is 15.2. The number of carbonyl (C=O) groups is 1. The molecule has 2 unspecified atom stereocenters. The standard InChI is InChI=1S/C17H18ClFIN5O2/c1-7-5-22(3)6-9-16(26)23(4)13-10-14(12(19)8(2)11(13)18)25(20)17(27)21-15(10)24(7)9/h7,9H,5-6H2,1-4H3. The molecule has 144 valence electrons. The Kier molecular flexibility index (Phi) is 4.39. The maximum absolute atomic E-state index is 15.2. The zero-order valence-electron chi connectivity index (χ0n) is 15.3. The van der Waals surface area contributed by atoms with Gasteiger partial charge in [-0.3, -0.25) is 4.79 Å². The van der Waals surface area contributed by atoms with E-state index in [1.165, 1.54) is 4.90 Å². The second-order valence-corrected chi connectivity index (χ2v) is 8.56. The largest absolute Gasteiger partial charge is 0.359 e. The number of halogens is 3. The first kappa shape index (κ1) is 18.9. The lowest BCUT2D eigenvalue weighted by molar-refractivity contribution is -0.120. The molecular weight excluding hydrogens is 488 g/mol. The summed E-state index contributed by atoms with van der Waals surface area (Å²) in [6.45, 7) is 4.69. The summed E-state index contributed by atoms with van der Waals surface area (Å²) < 4.78 is 16.3. The number of rotatable bonds is 0. The van der Waals surface area contributed by atoms with Gasteiger partial charge in [-0.2, -0.15) is 4.98 Å². The molecule has 2 atom stereocenters. The lowest BCUT2D eigenvalue weighted by Crippen LogP contribution is -2.62. The average Bonchev–Trinajstić information content (AvgIpc) is 2.69. The highest BCUT2D eigenvalue weighted by Gasteiger charge is 2.43. The summed E-state index contributed by atoms with van der Waals surface area (Å²) >= 11 is 8.23. The summed E-state index contributed by atoms with van der Waals surface area (Å²) in [5, 5.41) is 0.557. The number of aromatic nitrogens is 2. The molecule has 1 amide bonds. The molecule has 1 aromatic heterocycles. The Morgan fingerprint density at radius 1 is 1.26 bits per heavy atom. The van der Waals surface area contributed by atoms with E-state index in [2.05, 4.69) is 9.88 Å². The monoisotopic (exact) mass is 505 g/mol. The summed E-state index contributed by atoms with van der Waals surface area (Å²) in [7, 11) is 3.58. The number of piperazine rings is 1. The van der Waals surface area contributed by atoms with Crippen LogP contribution < -0.4 is 15.5 Å². The lowest BCUT2D eigenvalue weighted by atomic mass is 10.1. The van der Waals surface area contributed by atoms with Gasteiger partial charge in [0.15, 0.2) is 5.82 Å². The van der Waals surface area contributed by atoms with Crippen LogP contribution in [0.1, 0.15) is 12.5 Å². The smallest absolute Gasteiger partial charge is 0.338 e. The van der Waals surface area contributed by atoms with E-state index in [4.69, 9.17) is 11.6 Å². The van der Waals surface area contributed by atoms with Crippen LogP contribution in [-0.4, -0.2) is 57.8 Å². The Balaban J connectivity index is 2.21. The van der Waals surface area contributed by atoms with Crippen LogP contribution in [0.5, 0.6) is 0 Å². The molecule has 10 heteroatoms. The molecule has 0 saturated carbocycles. The van der Waals surface area contributed by atoms with E-state index in [9.17, 15) is 9.59 Å². The molecule has 2 aliphatic rings. The molecule has 2 aliphatic heterocycles. The van der Waals surface area contributed by atoms with E-state index in [0.717, 1.165) is 2.78 Å². The van der Waals surface area contributed by atoms with Crippen molar-refractivity contribution in [1.29, 1.82) is 0 Å². The third-order valence-electron chi connectivity index (χ3n) is 5.40. The van der Waals surface area contributed by atoms with Gasteiger partial charge in [0, 0.05) is 31.7 Å². The van der Waals surface area contributed by atoms with Crippen LogP contribution in [0, 0.1) is 12.7 Å². The first-order valence-corrected chi connectivity index (χ1v) is 9.84. The summed E-state index contributed by atoms with van der Waals surface area (Å²) in [5.74, 6) is -0.412. The first-order valence-electron chi connectivity index (χ1n) is 8.50. The van der Waals surface area contributed by atoms with Crippen molar-refractivity contribution in [1.82, 2.24) is 12.7 Å². The second kappa shape index (κ2) is 6.28. The van der Waals surface area contributed by atoms with Crippen molar-refractivity contribution in [3.05, 3.63) is 26.9 Å². The van der Waals surface area contributed by atoms with E-state index >= 15 is 4.39 Å². The van der Waals surface area contributed by atoms with Crippen LogP contribution in [0.3, 0.4) is 0 Å². The minimum Gasteiger partial charge on any atom is -0.338 e.